The molecular weight excluding hydrogens is 194 g/mol. The molecule has 0 bridgehead atoms. The Balaban J connectivity index is 2.81. The van der Waals surface area contributed by atoms with Gasteiger partial charge in [-0.1, -0.05) is 18.2 Å². The number of rotatable bonds is 5. The Morgan fingerprint density at radius 1 is 1.53 bits per heavy atom. The zero-order valence-electron chi connectivity index (χ0n) is 8.64. The summed E-state index contributed by atoms with van der Waals surface area (Å²) in [6.07, 6.45) is -0.145. The van der Waals surface area contributed by atoms with Crippen molar-refractivity contribution in [2.24, 2.45) is 5.73 Å². The van der Waals surface area contributed by atoms with Gasteiger partial charge in [0.25, 0.3) is 0 Å². The summed E-state index contributed by atoms with van der Waals surface area (Å²) in [5, 5.41) is 8.70. The van der Waals surface area contributed by atoms with E-state index >= 15 is 0 Å². The van der Waals surface area contributed by atoms with Crippen molar-refractivity contribution in [3.05, 3.63) is 29.8 Å². The van der Waals surface area contributed by atoms with Crippen LogP contribution in [0, 0.1) is 0 Å². The van der Waals surface area contributed by atoms with Gasteiger partial charge in [-0.05, 0) is 13.0 Å². The maximum atomic E-state index is 10.6. The van der Waals surface area contributed by atoms with E-state index in [0.717, 1.165) is 0 Å². The minimum absolute atomic E-state index is 0.0343. The number of carboxylic acid groups (broad SMARTS) is 1. The number of para-hydroxylation sites is 1. The average Bonchev–Trinajstić information content (AvgIpc) is 2.20. The van der Waals surface area contributed by atoms with E-state index in [2.05, 4.69) is 0 Å². The van der Waals surface area contributed by atoms with Crippen LogP contribution in [0.1, 0.15) is 12.5 Å². The number of benzene rings is 1. The van der Waals surface area contributed by atoms with E-state index < -0.39 is 5.97 Å². The lowest BCUT2D eigenvalue weighted by atomic mass is 10.1. The fourth-order valence-electron chi connectivity index (χ4n) is 1.19. The van der Waals surface area contributed by atoms with Crippen LogP contribution in [0.5, 0.6) is 5.75 Å². The van der Waals surface area contributed by atoms with E-state index in [1.54, 1.807) is 18.2 Å². The molecule has 4 heteroatoms. The third kappa shape index (κ3) is 3.59. The quantitative estimate of drug-likeness (QED) is 0.760. The van der Waals surface area contributed by atoms with Crippen molar-refractivity contribution < 1.29 is 14.6 Å². The van der Waals surface area contributed by atoms with E-state index in [-0.39, 0.29) is 12.5 Å². The third-order valence-electron chi connectivity index (χ3n) is 1.97. The Bertz CT molecular complexity index is 338. The average molecular weight is 209 g/mol. The molecule has 4 nitrogen and oxygen atoms in total. The maximum absolute atomic E-state index is 10.6. The second-order valence-electron chi connectivity index (χ2n) is 3.34. The van der Waals surface area contributed by atoms with Crippen molar-refractivity contribution in [1.82, 2.24) is 0 Å². The van der Waals surface area contributed by atoms with E-state index in [4.69, 9.17) is 15.6 Å². The highest BCUT2D eigenvalue weighted by Gasteiger charge is 2.09. The molecule has 1 atom stereocenters. The Morgan fingerprint density at radius 2 is 2.20 bits per heavy atom. The first-order valence-corrected chi connectivity index (χ1v) is 4.80. The molecule has 1 rings (SSSR count). The summed E-state index contributed by atoms with van der Waals surface area (Å²) in [4.78, 5) is 10.6. The summed E-state index contributed by atoms with van der Waals surface area (Å²) >= 11 is 0. The van der Waals surface area contributed by atoms with Gasteiger partial charge < -0.3 is 15.6 Å². The van der Waals surface area contributed by atoms with Gasteiger partial charge >= 0.3 is 5.97 Å². The van der Waals surface area contributed by atoms with Crippen molar-refractivity contribution in [2.45, 2.75) is 19.4 Å². The highest BCUT2D eigenvalue weighted by atomic mass is 16.5. The third-order valence-corrected chi connectivity index (χ3v) is 1.97. The second kappa shape index (κ2) is 5.36. The summed E-state index contributed by atoms with van der Waals surface area (Å²) in [5.74, 6) is -0.274. The number of carbonyl (C=O) groups is 1. The standard InChI is InChI=1S/C11H15NO3/c1-8(7-12)15-10-5-3-2-4-9(10)6-11(13)14/h2-5,8H,6-7,12H2,1H3,(H,13,14). The summed E-state index contributed by atoms with van der Waals surface area (Å²) < 4.78 is 5.51. The van der Waals surface area contributed by atoms with Gasteiger partial charge in [-0.3, -0.25) is 4.79 Å². The lowest BCUT2D eigenvalue weighted by Crippen LogP contribution is -2.23. The van der Waals surface area contributed by atoms with Crippen molar-refractivity contribution in [1.29, 1.82) is 0 Å². The fraction of sp³-hybridized carbons (Fsp3) is 0.364. The largest absolute Gasteiger partial charge is 0.489 e. The SMILES string of the molecule is CC(CN)Oc1ccccc1CC(=O)O. The Labute approximate surface area is 88.7 Å². The molecule has 0 aromatic heterocycles. The van der Waals surface area contributed by atoms with Gasteiger partial charge in [0.05, 0.1) is 6.42 Å². The Morgan fingerprint density at radius 3 is 2.80 bits per heavy atom. The molecule has 0 fully saturated rings. The molecule has 0 radical (unpaired) electrons. The molecule has 0 saturated heterocycles. The first-order chi connectivity index (χ1) is 7.13. The highest BCUT2D eigenvalue weighted by molar-refractivity contribution is 5.71. The van der Waals surface area contributed by atoms with E-state index in [1.807, 2.05) is 13.0 Å². The Hall–Kier alpha value is -1.55. The number of nitrogens with two attached hydrogens (primary N) is 1. The number of hydrogen-bond donors (Lipinski definition) is 2. The summed E-state index contributed by atoms with van der Waals surface area (Å²) in [7, 11) is 0. The second-order valence-corrected chi connectivity index (χ2v) is 3.34. The van der Waals surface area contributed by atoms with Crippen molar-refractivity contribution >= 4 is 5.97 Å². The molecule has 0 spiro atoms. The molecule has 3 N–H and O–H groups in total. The van der Waals surface area contributed by atoms with Crippen LogP contribution in [-0.2, 0) is 11.2 Å². The van der Waals surface area contributed by atoms with Crippen LogP contribution in [0.3, 0.4) is 0 Å². The summed E-state index contributed by atoms with van der Waals surface area (Å²) in [6.45, 7) is 2.25. The number of hydrogen-bond acceptors (Lipinski definition) is 3. The summed E-state index contributed by atoms with van der Waals surface area (Å²) in [6, 6.07) is 7.10. The van der Waals surface area contributed by atoms with Crippen LogP contribution in [0.2, 0.25) is 0 Å². The van der Waals surface area contributed by atoms with Gasteiger partial charge in [0.15, 0.2) is 0 Å². The normalized spacial score (nSPS) is 12.1. The van der Waals surface area contributed by atoms with Crippen molar-refractivity contribution in [2.75, 3.05) is 6.54 Å². The lowest BCUT2D eigenvalue weighted by Gasteiger charge is -2.15. The molecule has 0 aliphatic carbocycles. The molecular formula is C11H15NO3. The minimum atomic E-state index is -0.869. The van der Waals surface area contributed by atoms with Crippen molar-refractivity contribution in [3.63, 3.8) is 0 Å². The van der Waals surface area contributed by atoms with Crippen LogP contribution in [-0.4, -0.2) is 23.7 Å². The molecule has 15 heavy (non-hydrogen) atoms. The van der Waals surface area contributed by atoms with Gasteiger partial charge in [0.1, 0.15) is 11.9 Å². The molecule has 0 saturated carbocycles. The predicted octanol–water partition coefficient (Wildman–Crippen LogP) is 1.04. The zero-order chi connectivity index (χ0) is 11.3. The molecule has 0 heterocycles. The number of ether oxygens (including phenoxy) is 1. The molecule has 0 amide bonds. The van der Waals surface area contributed by atoms with Gasteiger partial charge in [-0.25, -0.2) is 0 Å². The molecule has 0 aliphatic heterocycles. The van der Waals surface area contributed by atoms with Crippen LogP contribution < -0.4 is 10.5 Å². The van der Waals surface area contributed by atoms with Crippen LogP contribution in [0.25, 0.3) is 0 Å². The van der Waals surface area contributed by atoms with Gasteiger partial charge in [-0.15, -0.1) is 0 Å². The molecule has 0 aliphatic rings. The van der Waals surface area contributed by atoms with Crippen LogP contribution in [0.4, 0.5) is 0 Å². The van der Waals surface area contributed by atoms with Crippen LogP contribution >= 0.6 is 0 Å². The fourth-order valence-corrected chi connectivity index (χ4v) is 1.19. The predicted molar refractivity (Wildman–Crippen MR) is 56.9 cm³/mol. The zero-order valence-corrected chi connectivity index (χ0v) is 8.64. The first-order valence-electron chi connectivity index (χ1n) is 4.80. The smallest absolute Gasteiger partial charge is 0.307 e. The van der Waals surface area contributed by atoms with Gasteiger partial charge in [0, 0.05) is 12.1 Å². The van der Waals surface area contributed by atoms with E-state index in [0.29, 0.717) is 17.9 Å². The minimum Gasteiger partial charge on any atom is -0.489 e. The topological polar surface area (TPSA) is 72.5 Å². The van der Waals surface area contributed by atoms with E-state index in [9.17, 15) is 4.79 Å². The molecule has 1 aromatic rings. The maximum Gasteiger partial charge on any atom is 0.307 e. The number of aliphatic carboxylic acids is 1. The van der Waals surface area contributed by atoms with Gasteiger partial charge in [0.2, 0.25) is 0 Å². The molecule has 1 unspecified atom stereocenters. The van der Waals surface area contributed by atoms with Crippen LogP contribution in [0.15, 0.2) is 24.3 Å². The van der Waals surface area contributed by atoms with Crippen molar-refractivity contribution in [3.8, 4) is 5.75 Å². The number of carboxylic acids is 1. The highest BCUT2D eigenvalue weighted by Crippen LogP contribution is 2.19. The van der Waals surface area contributed by atoms with E-state index in [1.165, 1.54) is 0 Å². The lowest BCUT2D eigenvalue weighted by molar-refractivity contribution is -0.136. The monoisotopic (exact) mass is 209 g/mol. The first kappa shape index (κ1) is 11.5. The Kier molecular flexibility index (Phi) is 4.12. The van der Waals surface area contributed by atoms with Gasteiger partial charge in [-0.2, -0.15) is 0 Å². The summed E-state index contributed by atoms with van der Waals surface area (Å²) in [5.41, 5.74) is 6.10. The molecule has 1 aromatic carbocycles. The molecule has 82 valence electrons.